The Kier molecular flexibility index (Phi) is 4.92. The van der Waals surface area contributed by atoms with E-state index in [0.29, 0.717) is 23.1 Å². The number of nitrogens with zero attached hydrogens (tertiary/aromatic N) is 5. The highest BCUT2D eigenvalue weighted by Crippen LogP contribution is 2.19. The van der Waals surface area contributed by atoms with Gasteiger partial charge in [0.15, 0.2) is 5.82 Å². The van der Waals surface area contributed by atoms with Crippen molar-refractivity contribution in [2.75, 3.05) is 41.3 Å². The van der Waals surface area contributed by atoms with E-state index in [1.165, 1.54) is 23.6 Å². The van der Waals surface area contributed by atoms with Gasteiger partial charge in [0.1, 0.15) is 5.76 Å². The van der Waals surface area contributed by atoms with Crippen LogP contribution < -0.4 is 15.1 Å². The molecule has 0 bridgehead atoms. The SMILES string of the molecule is Cc1cccc(N2CCN(c3ncc(C(=O)Nc4cc(C)on4)cn3)CC2)c1. The lowest BCUT2D eigenvalue weighted by Crippen LogP contribution is -2.47. The van der Waals surface area contributed by atoms with Crippen LogP contribution in [0.15, 0.2) is 47.2 Å². The second-order valence-corrected chi connectivity index (χ2v) is 6.86. The maximum atomic E-state index is 12.2. The minimum atomic E-state index is -0.316. The quantitative estimate of drug-likeness (QED) is 0.747. The lowest BCUT2D eigenvalue weighted by atomic mass is 10.2. The number of hydrogen-bond donors (Lipinski definition) is 1. The lowest BCUT2D eigenvalue weighted by Gasteiger charge is -2.36. The predicted octanol–water partition coefficient (Wildman–Crippen LogP) is 2.66. The molecule has 1 N–H and O–H groups in total. The number of rotatable bonds is 4. The van der Waals surface area contributed by atoms with Crippen LogP contribution in [0.5, 0.6) is 0 Å². The first kappa shape index (κ1) is 18.0. The summed E-state index contributed by atoms with van der Waals surface area (Å²) in [5.41, 5.74) is 2.89. The van der Waals surface area contributed by atoms with Gasteiger partial charge in [-0.3, -0.25) is 4.79 Å². The third-order valence-corrected chi connectivity index (χ3v) is 4.70. The molecule has 1 saturated heterocycles. The number of carbonyl (C=O) groups excluding carboxylic acids is 1. The van der Waals surface area contributed by atoms with E-state index in [1.807, 2.05) is 0 Å². The Labute approximate surface area is 163 Å². The fourth-order valence-corrected chi connectivity index (χ4v) is 3.20. The van der Waals surface area contributed by atoms with Gasteiger partial charge in [0.05, 0.1) is 5.56 Å². The van der Waals surface area contributed by atoms with E-state index in [9.17, 15) is 4.79 Å². The summed E-state index contributed by atoms with van der Waals surface area (Å²) in [5.74, 6) is 1.33. The summed E-state index contributed by atoms with van der Waals surface area (Å²) >= 11 is 0. The van der Waals surface area contributed by atoms with Gasteiger partial charge < -0.3 is 19.6 Å². The van der Waals surface area contributed by atoms with Crippen LogP contribution in [0, 0.1) is 13.8 Å². The number of hydrogen-bond acceptors (Lipinski definition) is 7. The number of aromatic nitrogens is 3. The van der Waals surface area contributed by atoms with Gasteiger partial charge in [0.25, 0.3) is 5.91 Å². The predicted molar refractivity (Wildman–Crippen MR) is 107 cm³/mol. The van der Waals surface area contributed by atoms with Crippen molar-refractivity contribution in [3.63, 3.8) is 0 Å². The standard InChI is InChI=1S/C20H22N6O2/c1-14-4-3-5-17(10-14)25-6-8-26(9-7-25)20-21-12-16(13-22-20)19(27)23-18-11-15(2)28-24-18/h3-5,10-13H,6-9H2,1-2H3,(H,23,24,27). The minimum Gasteiger partial charge on any atom is -0.368 e. The molecule has 0 saturated carbocycles. The Hall–Kier alpha value is -3.42. The third kappa shape index (κ3) is 3.95. The van der Waals surface area contributed by atoms with Crippen LogP contribution in [-0.4, -0.2) is 47.2 Å². The summed E-state index contributed by atoms with van der Waals surface area (Å²) in [4.78, 5) is 25.5. The molecule has 2 aromatic heterocycles. The molecule has 0 aliphatic carbocycles. The number of anilines is 3. The Morgan fingerprint density at radius 1 is 1.04 bits per heavy atom. The van der Waals surface area contributed by atoms with Crippen LogP contribution in [0.2, 0.25) is 0 Å². The average molecular weight is 378 g/mol. The molecule has 1 aliphatic heterocycles. The molecule has 1 amide bonds. The summed E-state index contributed by atoms with van der Waals surface area (Å²) in [7, 11) is 0. The van der Waals surface area contributed by atoms with E-state index in [1.54, 1.807) is 13.0 Å². The maximum Gasteiger partial charge on any atom is 0.260 e. The molecule has 3 aromatic rings. The zero-order valence-electron chi connectivity index (χ0n) is 15.9. The fourth-order valence-electron chi connectivity index (χ4n) is 3.20. The van der Waals surface area contributed by atoms with Gasteiger partial charge >= 0.3 is 0 Å². The molecule has 28 heavy (non-hydrogen) atoms. The highest BCUT2D eigenvalue weighted by molar-refractivity contribution is 6.03. The molecule has 8 nitrogen and oxygen atoms in total. The van der Waals surface area contributed by atoms with E-state index in [-0.39, 0.29) is 5.91 Å². The highest BCUT2D eigenvalue weighted by atomic mass is 16.5. The van der Waals surface area contributed by atoms with Crippen molar-refractivity contribution in [1.29, 1.82) is 0 Å². The summed E-state index contributed by atoms with van der Waals surface area (Å²) in [6.07, 6.45) is 3.08. The van der Waals surface area contributed by atoms with Gasteiger partial charge in [-0.15, -0.1) is 0 Å². The Balaban J connectivity index is 1.36. The van der Waals surface area contributed by atoms with Crippen LogP contribution in [-0.2, 0) is 0 Å². The van der Waals surface area contributed by atoms with Gasteiger partial charge in [-0.2, -0.15) is 0 Å². The second kappa shape index (κ2) is 7.67. The second-order valence-electron chi connectivity index (χ2n) is 6.86. The molecular weight excluding hydrogens is 356 g/mol. The zero-order chi connectivity index (χ0) is 19.5. The van der Waals surface area contributed by atoms with Crippen LogP contribution in [0.3, 0.4) is 0 Å². The molecule has 0 atom stereocenters. The minimum absolute atomic E-state index is 0.316. The highest BCUT2D eigenvalue weighted by Gasteiger charge is 2.20. The van der Waals surface area contributed by atoms with Gasteiger partial charge in [0, 0.05) is 50.3 Å². The fraction of sp³-hybridized carbons (Fsp3) is 0.300. The molecule has 0 radical (unpaired) electrons. The van der Waals surface area contributed by atoms with Gasteiger partial charge in [-0.05, 0) is 31.5 Å². The lowest BCUT2D eigenvalue weighted by molar-refractivity contribution is 0.102. The normalized spacial score (nSPS) is 14.2. The number of carbonyl (C=O) groups is 1. The van der Waals surface area contributed by atoms with Gasteiger partial charge in [0.2, 0.25) is 5.95 Å². The van der Waals surface area contributed by atoms with Crippen LogP contribution in [0.1, 0.15) is 21.7 Å². The molecule has 0 unspecified atom stereocenters. The number of benzene rings is 1. The summed E-state index contributed by atoms with van der Waals surface area (Å²) in [5, 5.41) is 6.41. The number of piperazine rings is 1. The summed E-state index contributed by atoms with van der Waals surface area (Å²) in [6.45, 7) is 7.34. The summed E-state index contributed by atoms with van der Waals surface area (Å²) < 4.78 is 4.94. The van der Waals surface area contributed by atoms with Crippen molar-refractivity contribution in [3.05, 3.63) is 59.6 Å². The molecule has 3 heterocycles. The first-order valence-corrected chi connectivity index (χ1v) is 9.22. The van der Waals surface area contributed by atoms with E-state index in [0.717, 1.165) is 26.2 Å². The molecule has 4 rings (SSSR count). The summed E-state index contributed by atoms with van der Waals surface area (Å²) in [6, 6.07) is 10.2. The molecule has 1 fully saturated rings. The number of nitrogens with one attached hydrogen (secondary N) is 1. The molecular formula is C20H22N6O2. The monoisotopic (exact) mass is 378 g/mol. The van der Waals surface area contributed by atoms with Crippen molar-refractivity contribution in [3.8, 4) is 0 Å². The third-order valence-electron chi connectivity index (χ3n) is 4.70. The molecule has 1 aromatic carbocycles. The van der Waals surface area contributed by atoms with E-state index >= 15 is 0 Å². The molecule has 1 aliphatic rings. The van der Waals surface area contributed by atoms with E-state index < -0.39 is 0 Å². The maximum absolute atomic E-state index is 12.2. The zero-order valence-corrected chi connectivity index (χ0v) is 15.9. The first-order valence-electron chi connectivity index (χ1n) is 9.22. The van der Waals surface area contributed by atoms with Crippen molar-refractivity contribution < 1.29 is 9.32 Å². The first-order chi connectivity index (χ1) is 13.6. The number of aryl methyl sites for hydroxylation is 2. The molecule has 144 valence electrons. The average Bonchev–Trinajstić information content (AvgIpc) is 3.13. The Bertz CT molecular complexity index is 961. The van der Waals surface area contributed by atoms with Crippen LogP contribution >= 0.6 is 0 Å². The van der Waals surface area contributed by atoms with Gasteiger partial charge in [-0.1, -0.05) is 17.3 Å². The largest absolute Gasteiger partial charge is 0.368 e. The van der Waals surface area contributed by atoms with Crippen molar-refractivity contribution in [1.82, 2.24) is 15.1 Å². The topological polar surface area (TPSA) is 87.4 Å². The Morgan fingerprint density at radius 3 is 2.39 bits per heavy atom. The number of amides is 1. The molecule has 8 heteroatoms. The van der Waals surface area contributed by atoms with Crippen molar-refractivity contribution >= 4 is 23.4 Å². The van der Waals surface area contributed by atoms with Crippen LogP contribution in [0.25, 0.3) is 0 Å². The Morgan fingerprint density at radius 2 is 1.75 bits per heavy atom. The van der Waals surface area contributed by atoms with Gasteiger partial charge in [-0.25, -0.2) is 9.97 Å². The van der Waals surface area contributed by atoms with Crippen molar-refractivity contribution in [2.24, 2.45) is 0 Å². The van der Waals surface area contributed by atoms with E-state index in [2.05, 4.69) is 61.4 Å². The molecule has 0 spiro atoms. The van der Waals surface area contributed by atoms with Crippen molar-refractivity contribution in [2.45, 2.75) is 13.8 Å². The van der Waals surface area contributed by atoms with E-state index in [4.69, 9.17) is 4.52 Å². The smallest absolute Gasteiger partial charge is 0.260 e. The van der Waals surface area contributed by atoms with Crippen LogP contribution in [0.4, 0.5) is 17.5 Å².